The fourth-order valence-corrected chi connectivity index (χ4v) is 4.19. The zero-order chi connectivity index (χ0) is 20.5. The first-order valence-electron chi connectivity index (χ1n) is 11.6. The SMILES string of the molecule is CCCCCCCCCCCCCCCCCCc1ccc(S(=O)(=O)O)cc1.[NaH]. The van der Waals surface area contributed by atoms with Crippen molar-refractivity contribution in [2.24, 2.45) is 0 Å². The van der Waals surface area contributed by atoms with Crippen LogP contribution in [0.15, 0.2) is 29.2 Å². The van der Waals surface area contributed by atoms with Crippen molar-refractivity contribution in [2.75, 3.05) is 0 Å². The molecule has 0 radical (unpaired) electrons. The van der Waals surface area contributed by atoms with Crippen molar-refractivity contribution in [3.05, 3.63) is 29.8 Å². The summed E-state index contributed by atoms with van der Waals surface area (Å²) in [6, 6.07) is 6.57. The Bertz CT molecular complexity index is 585. The van der Waals surface area contributed by atoms with Gasteiger partial charge in [-0.1, -0.05) is 115 Å². The molecule has 1 rings (SSSR count). The first-order chi connectivity index (χ1) is 13.5. The molecule has 0 aliphatic carbocycles. The van der Waals surface area contributed by atoms with Crippen LogP contribution in [0.1, 0.15) is 115 Å². The molecule has 0 bridgehead atoms. The second-order valence-corrected chi connectivity index (χ2v) is 9.59. The normalized spacial score (nSPS) is 11.4. The minimum atomic E-state index is -4.07. The Labute approximate surface area is 202 Å². The fourth-order valence-electron chi connectivity index (χ4n) is 3.71. The van der Waals surface area contributed by atoms with Crippen LogP contribution < -0.4 is 0 Å². The minimum absolute atomic E-state index is 0. The van der Waals surface area contributed by atoms with Gasteiger partial charge in [0.05, 0.1) is 4.90 Å². The van der Waals surface area contributed by atoms with Gasteiger partial charge >= 0.3 is 29.6 Å². The van der Waals surface area contributed by atoms with Crippen LogP contribution in [-0.4, -0.2) is 42.5 Å². The Morgan fingerprint density at radius 3 is 1.31 bits per heavy atom. The first-order valence-corrected chi connectivity index (χ1v) is 13.0. The molecule has 0 unspecified atom stereocenters. The predicted octanol–water partition coefficient (Wildman–Crippen LogP) is 7.09. The van der Waals surface area contributed by atoms with Crippen LogP contribution in [0.4, 0.5) is 0 Å². The Kier molecular flexibility index (Phi) is 18.9. The third kappa shape index (κ3) is 16.5. The average molecular weight is 435 g/mol. The van der Waals surface area contributed by atoms with Crippen LogP contribution in [0.2, 0.25) is 0 Å². The van der Waals surface area contributed by atoms with Crippen molar-refractivity contribution in [1.82, 2.24) is 0 Å². The molecule has 3 nitrogen and oxygen atoms in total. The molecule has 0 atom stereocenters. The molecule has 0 spiro atoms. The molecule has 0 fully saturated rings. The molecule has 0 saturated heterocycles. The number of aryl methyl sites for hydroxylation is 1. The molecule has 1 aromatic carbocycles. The zero-order valence-corrected chi connectivity index (χ0v) is 18.8. The summed E-state index contributed by atoms with van der Waals surface area (Å²) in [5.74, 6) is 0. The molecular formula is C24H43NaO3S. The van der Waals surface area contributed by atoms with E-state index in [1.807, 2.05) is 0 Å². The van der Waals surface area contributed by atoms with E-state index >= 15 is 0 Å². The summed E-state index contributed by atoms with van der Waals surface area (Å²) in [5.41, 5.74) is 1.14. The molecule has 0 amide bonds. The predicted molar refractivity (Wildman–Crippen MR) is 127 cm³/mol. The number of unbranched alkanes of at least 4 members (excludes halogenated alkanes) is 15. The second kappa shape index (κ2) is 18.9. The van der Waals surface area contributed by atoms with Gasteiger partial charge in [0, 0.05) is 0 Å². The van der Waals surface area contributed by atoms with Gasteiger partial charge < -0.3 is 0 Å². The third-order valence-electron chi connectivity index (χ3n) is 5.54. The molecule has 5 heteroatoms. The molecule has 1 aromatic rings. The average Bonchev–Trinajstić information content (AvgIpc) is 2.67. The van der Waals surface area contributed by atoms with Gasteiger partial charge in [-0.25, -0.2) is 0 Å². The number of hydrogen-bond acceptors (Lipinski definition) is 2. The summed E-state index contributed by atoms with van der Waals surface area (Å²) in [7, 11) is -4.07. The van der Waals surface area contributed by atoms with Crippen molar-refractivity contribution in [3.8, 4) is 0 Å². The maximum absolute atomic E-state index is 11.0. The zero-order valence-electron chi connectivity index (χ0n) is 18.0. The van der Waals surface area contributed by atoms with E-state index in [0.717, 1.165) is 18.4 Å². The molecule has 0 aliphatic rings. The second-order valence-electron chi connectivity index (χ2n) is 8.17. The summed E-state index contributed by atoms with van der Waals surface area (Å²) in [5, 5.41) is 0. The van der Waals surface area contributed by atoms with Crippen LogP contribution in [0, 0.1) is 0 Å². The summed E-state index contributed by atoms with van der Waals surface area (Å²) in [6.45, 7) is 2.27. The van der Waals surface area contributed by atoms with Crippen molar-refractivity contribution < 1.29 is 13.0 Å². The molecular weight excluding hydrogens is 391 g/mol. The van der Waals surface area contributed by atoms with Crippen LogP contribution in [0.5, 0.6) is 0 Å². The van der Waals surface area contributed by atoms with Gasteiger partial charge in [0.1, 0.15) is 0 Å². The fraction of sp³-hybridized carbons (Fsp3) is 0.750. The van der Waals surface area contributed by atoms with Gasteiger partial charge in [-0.2, -0.15) is 8.42 Å². The van der Waals surface area contributed by atoms with E-state index in [9.17, 15) is 8.42 Å². The van der Waals surface area contributed by atoms with E-state index in [0.29, 0.717) is 0 Å². The van der Waals surface area contributed by atoms with Crippen LogP contribution in [0.25, 0.3) is 0 Å². The summed E-state index contributed by atoms with van der Waals surface area (Å²) < 4.78 is 31.0. The van der Waals surface area contributed by atoms with E-state index in [1.165, 1.54) is 108 Å². The van der Waals surface area contributed by atoms with E-state index in [4.69, 9.17) is 4.55 Å². The van der Waals surface area contributed by atoms with Crippen molar-refractivity contribution in [2.45, 2.75) is 121 Å². The Balaban J connectivity index is 0.00000784. The topological polar surface area (TPSA) is 54.4 Å². The first kappa shape index (κ1) is 29.1. The number of hydrogen-bond donors (Lipinski definition) is 1. The summed E-state index contributed by atoms with van der Waals surface area (Å²) in [4.78, 5) is -0.0248. The Morgan fingerprint density at radius 2 is 0.966 bits per heavy atom. The van der Waals surface area contributed by atoms with E-state index in [-0.39, 0.29) is 34.5 Å². The van der Waals surface area contributed by atoms with Gasteiger partial charge in [-0.3, -0.25) is 4.55 Å². The summed E-state index contributed by atoms with van der Waals surface area (Å²) >= 11 is 0. The van der Waals surface area contributed by atoms with Gasteiger partial charge in [0.2, 0.25) is 0 Å². The molecule has 29 heavy (non-hydrogen) atoms. The van der Waals surface area contributed by atoms with E-state index in [1.54, 1.807) is 12.1 Å². The maximum atomic E-state index is 11.0. The standard InChI is InChI=1S/C24H42O3S.Na.H/c1-2-3-4-5-6-7-8-9-10-11-12-13-14-15-16-17-18-23-19-21-24(22-20-23)28(25,26)27;;/h19-22H,2-18H2,1H3,(H,25,26,27);;. The van der Waals surface area contributed by atoms with Gasteiger partial charge in [0.15, 0.2) is 0 Å². The van der Waals surface area contributed by atoms with Crippen LogP contribution >= 0.6 is 0 Å². The van der Waals surface area contributed by atoms with Gasteiger partial charge in [-0.05, 0) is 30.5 Å². The molecule has 0 saturated carbocycles. The Hall–Kier alpha value is 0.130. The van der Waals surface area contributed by atoms with E-state index in [2.05, 4.69) is 6.92 Å². The monoisotopic (exact) mass is 434 g/mol. The van der Waals surface area contributed by atoms with Crippen LogP contribution in [-0.2, 0) is 16.5 Å². The van der Waals surface area contributed by atoms with E-state index < -0.39 is 10.1 Å². The quantitative estimate of drug-likeness (QED) is 0.152. The Morgan fingerprint density at radius 1 is 0.621 bits per heavy atom. The molecule has 0 aromatic heterocycles. The molecule has 0 heterocycles. The van der Waals surface area contributed by atoms with Crippen molar-refractivity contribution in [3.63, 3.8) is 0 Å². The third-order valence-corrected chi connectivity index (χ3v) is 6.41. The summed E-state index contributed by atoms with van der Waals surface area (Å²) in [6.07, 6.45) is 22.9. The van der Waals surface area contributed by atoms with Gasteiger partial charge in [0.25, 0.3) is 10.1 Å². The number of rotatable bonds is 18. The van der Waals surface area contributed by atoms with Crippen LogP contribution in [0.3, 0.4) is 0 Å². The number of benzene rings is 1. The molecule has 0 aliphatic heterocycles. The van der Waals surface area contributed by atoms with Crippen molar-refractivity contribution in [1.29, 1.82) is 0 Å². The van der Waals surface area contributed by atoms with Crippen molar-refractivity contribution >= 4 is 39.7 Å². The van der Waals surface area contributed by atoms with Gasteiger partial charge in [-0.15, -0.1) is 0 Å². The molecule has 1 N–H and O–H groups in total. The molecule has 164 valence electrons.